The summed E-state index contributed by atoms with van der Waals surface area (Å²) in [5.41, 5.74) is 2.10. The number of rotatable bonds is 6. The smallest absolute Gasteiger partial charge is 0.201 e. The third-order valence-electron chi connectivity index (χ3n) is 5.45. The molecule has 3 rings (SSSR count). The lowest BCUT2D eigenvalue weighted by Crippen LogP contribution is -2.41. The summed E-state index contributed by atoms with van der Waals surface area (Å²) >= 11 is 0. The Bertz CT molecular complexity index is 888. The molecular formula is C23H28FN3O2. The Balaban J connectivity index is 1.73. The fraction of sp³-hybridized carbons (Fsp3) is 0.478. The van der Waals surface area contributed by atoms with Crippen LogP contribution in [-0.4, -0.2) is 54.9 Å². The zero-order valence-corrected chi connectivity index (χ0v) is 17.5. The maximum absolute atomic E-state index is 14.6. The first-order valence-electron chi connectivity index (χ1n) is 10.0. The van der Waals surface area contributed by atoms with Crippen molar-refractivity contribution >= 4 is 11.9 Å². The molecule has 1 fully saturated rings. The number of nitriles is 1. The van der Waals surface area contributed by atoms with E-state index in [0.717, 1.165) is 37.1 Å². The van der Waals surface area contributed by atoms with Crippen molar-refractivity contribution in [3.8, 4) is 11.8 Å². The van der Waals surface area contributed by atoms with Crippen molar-refractivity contribution in [2.24, 2.45) is 0 Å². The molecule has 6 heteroatoms. The Morgan fingerprint density at radius 3 is 2.62 bits per heavy atom. The van der Waals surface area contributed by atoms with Crippen LogP contribution >= 0.6 is 0 Å². The highest BCUT2D eigenvalue weighted by Crippen LogP contribution is 2.33. The summed E-state index contributed by atoms with van der Waals surface area (Å²) in [6.45, 7) is 6.25. The average molecular weight is 397 g/mol. The quantitative estimate of drug-likeness (QED) is 0.543. The number of hydrogen-bond acceptors (Lipinski definition) is 5. The summed E-state index contributed by atoms with van der Waals surface area (Å²) in [5, 5.41) is 9.27. The van der Waals surface area contributed by atoms with Crippen LogP contribution in [0.2, 0.25) is 0 Å². The Labute approximate surface area is 172 Å². The zero-order chi connectivity index (χ0) is 21.1. The SMILES string of the molecule is CC(C)N1CCC(Oc2cc3c(cc2F)CC(C(=O)/C(C#N)=C/N(C)C)=C3)CC1. The van der Waals surface area contributed by atoms with Gasteiger partial charge < -0.3 is 14.5 Å². The minimum absolute atomic E-state index is 0.00255. The number of ketones is 1. The first kappa shape index (κ1) is 21.1. The molecule has 5 nitrogen and oxygen atoms in total. The number of piperidine rings is 1. The topological polar surface area (TPSA) is 56.6 Å². The molecule has 0 amide bonds. The van der Waals surface area contributed by atoms with Crippen LogP contribution in [0.3, 0.4) is 0 Å². The van der Waals surface area contributed by atoms with Gasteiger partial charge in [0, 0.05) is 51.4 Å². The second kappa shape index (κ2) is 8.79. The molecule has 0 bridgehead atoms. The number of carbonyl (C=O) groups is 1. The third-order valence-corrected chi connectivity index (χ3v) is 5.45. The lowest BCUT2D eigenvalue weighted by Gasteiger charge is -2.34. The minimum Gasteiger partial charge on any atom is -0.487 e. The highest BCUT2D eigenvalue weighted by Gasteiger charge is 2.26. The number of Topliss-reactive ketones (excluding diaryl/α,β-unsaturated/α-hetero) is 1. The Morgan fingerprint density at radius 1 is 1.34 bits per heavy atom. The molecule has 2 aliphatic rings. The summed E-state index contributed by atoms with van der Waals surface area (Å²) in [6, 6.07) is 5.59. The Kier molecular flexibility index (Phi) is 6.39. The molecule has 1 aliphatic heterocycles. The molecule has 1 aliphatic carbocycles. The van der Waals surface area contributed by atoms with Gasteiger partial charge in [0.15, 0.2) is 11.6 Å². The second-order valence-electron chi connectivity index (χ2n) is 8.22. The third kappa shape index (κ3) is 4.86. The van der Waals surface area contributed by atoms with Crippen molar-refractivity contribution in [1.29, 1.82) is 5.26 Å². The number of nitrogens with zero attached hydrogens (tertiary/aromatic N) is 3. The summed E-state index contributed by atoms with van der Waals surface area (Å²) < 4.78 is 20.6. The standard InChI is InChI=1S/C23H28FN3O2/c1-15(2)27-7-5-20(6-8-27)29-22-12-17-10-18(9-16(17)11-21(22)24)23(28)19(13-25)14-26(3)4/h10-12,14-15,20H,5-9H2,1-4H3/b19-14+. The van der Waals surface area contributed by atoms with Gasteiger partial charge in [0.05, 0.1) is 0 Å². The number of likely N-dealkylation sites (tertiary alicyclic amines) is 1. The van der Waals surface area contributed by atoms with Crippen molar-refractivity contribution in [2.45, 2.75) is 45.3 Å². The predicted octanol–water partition coefficient (Wildman–Crippen LogP) is 3.55. The van der Waals surface area contributed by atoms with Crippen molar-refractivity contribution in [3.63, 3.8) is 0 Å². The molecule has 154 valence electrons. The molecule has 1 saturated heterocycles. The molecule has 0 radical (unpaired) electrons. The predicted molar refractivity (Wildman–Crippen MR) is 111 cm³/mol. The molecule has 1 aromatic rings. The fourth-order valence-corrected chi connectivity index (χ4v) is 3.84. The van der Waals surface area contributed by atoms with E-state index in [4.69, 9.17) is 4.74 Å². The summed E-state index contributed by atoms with van der Waals surface area (Å²) in [5.74, 6) is -0.483. The molecule has 0 aromatic heterocycles. The molecule has 1 aromatic carbocycles. The highest BCUT2D eigenvalue weighted by atomic mass is 19.1. The number of allylic oxidation sites excluding steroid dienone is 2. The average Bonchev–Trinajstić information content (AvgIpc) is 3.08. The molecule has 0 atom stereocenters. The number of hydrogen-bond donors (Lipinski definition) is 0. The van der Waals surface area contributed by atoms with Crippen LogP contribution in [-0.2, 0) is 11.2 Å². The van der Waals surface area contributed by atoms with Gasteiger partial charge >= 0.3 is 0 Å². The van der Waals surface area contributed by atoms with Crippen molar-refractivity contribution < 1.29 is 13.9 Å². The van der Waals surface area contributed by atoms with Gasteiger partial charge in [0.2, 0.25) is 5.78 Å². The van der Waals surface area contributed by atoms with Gasteiger partial charge in [-0.3, -0.25) is 4.79 Å². The van der Waals surface area contributed by atoms with E-state index in [0.29, 0.717) is 18.0 Å². The first-order chi connectivity index (χ1) is 13.8. The highest BCUT2D eigenvalue weighted by molar-refractivity contribution is 6.14. The summed E-state index contributed by atoms with van der Waals surface area (Å²) in [6.07, 6.45) is 5.31. The van der Waals surface area contributed by atoms with Crippen LogP contribution in [0.4, 0.5) is 4.39 Å². The molecule has 0 saturated carbocycles. The van der Waals surface area contributed by atoms with Gasteiger partial charge in [-0.25, -0.2) is 4.39 Å². The monoisotopic (exact) mass is 397 g/mol. The van der Waals surface area contributed by atoms with Crippen molar-refractivity contribution in [1.82, 2.24) is 9.80 Å². The van der Waals surface area contributed by atoms with Crippen molar-refractivity contribution in [2.75, 3.05) is 27.2 Å². The van der Waals surface area contributed by atoms with E-state index in [9.17, 15) is 14.4 Å². The van der Waals surface area contributed by atoms with Gasteiger partial charge in [-0.1, -0.05) is 0 Å². The number of ether oxygens (including phenoxy) is 1. The second-order valence-corrected chi connectivity index (χ2v) is 8.22. The number of carbonyl (C=O) groups excluding carboxylic acids is 1. The van der Waals surface area contributed by atoms with E-state index in [1.54, 1.807) is 31.1 Å². The van der Waals surface area contributed by atoms with E-state index in [1.165, 1.54) is 12.3 Å². The van der Waals surface area contributed by atoms with E-state index < -0.39 is 5.82 Å². The van der Waals surface area contributed by atoms with Crippen LogP contribution in [0.1, 0.15) is 37.8 Å². The van der Waals surface area contributed by atoms with Crippen LogP contribution < -0.4 is 4.74 Å². The maximum Gasteiger partial charge on any atom is 0.201 e. The first-order valence-corrected chi connectivity index (χ1v) is 10.0. The Hall–Kier alpha value is -2.65. The van der Waals surface area contributed by atoms with E-state index in [2.05, 4.69) is 18.7 Å². The van der Waals surface area contributed by atoms with Gasteiger partial charge in [-0.2, -0.15) is 5.26 Å². The molecule has 1 heterocycles. The van der Waals surface area contributed by atoms with E-state index in [1.807, 2.05) is 6.07 Å². The lowest BCUT2D eigenvalue weighted by molar-refractivity contribution is -0.111. The zero-order valence-electron chi connectivity index (χ0n) is 17.5. The normalized spacial score (nSPS) is 17.7. The summed E-state index contributed by atoms with van der Waals surface area (Å²) in [7, 11) is 3.51. The van der Waals surface area contributed by atoms with Crippen LogP contribution in [0, 0.1) is 17.1 Å². The van der Waals surface area contributed by atoms with E-state index >= 15 is 0 Å². The largest absolute Gasteiger partial charge is 0.487 e. The molecule has 0 spiro atoms. The van der Waals surface area contributed by atoms with Crippen LogP contribution in [0.25, 0.3) is 6.08 Å². The van der Waals surface area contributed by atoms with Crippen LogP contribution in [0.5, 0.6) is 5.75 Å². The fourth-order valence-electron chi connectivity index (χ4n) is 3.84. The van der Waals surface area contributed by atoms with Crippen LogP contribution in [0.15, 0.2) is 29.5 Å². The lowest BCUT2D eigenvalue weighted by atomic mass is 10.0. The van der Waals surface area contributed by atoms with E-state index in [-0.39, 0.29) is 23.2 Å². The van der Waals surface area contributed by atoms with Crippen molar-refractivity contribution in [3.05, 3.63) is 46.4 Å². The Morgan fingerprint density at radius 2 is 2.03 bits per heavy atom. The van der Waals surface area contributed by atoms with Gasteiger partial charge in [-0.15, -0.1) is 0 Å². The van der Waals surface area contributed by atoms with Gasteiger partial charge in [0.25, 0.3) is 0 Å². The molecular weight excluding hydrogens is 369 g/mol. The maximum atomic E-state index is 14.6. The molecule has 29 heavy (non-hydrogen) atoms. The number of fused-ring (bicyclic) bond motifs is 1. The minimum atomic E-state index is -0.401. The molecule has 0 N–H and O–H groups in total. The number of benzene rings is 1. The van der Waals surface area contributed by atoms with Gasteiger partial charge in [0.1, 0.15) is 17.7 Å². The van der Waals surface area contributed by atoms with Gasteiger partial charge in [-0.05, 0) is 56.0 Å². The summed E-state index contributed by atoms with van der Waals surface area (Å²) in [4.78, 5) is 16.7. The molecule has 0 unspecified atom stereocenters. The number of halogens is 1.